The van der Waals surface area contributed by atoms with Crippen LogP contribution in [0, 0.1) is 0 Å². The zero-order valence-electron chi connectivity index (χ0n) is 27.0. The Labute approximate surface area is 267 Å². The van der Waals surface area contributed by atoms with Gasteiger partial charge >= 0.3 is 12.1 Å². The summed E-state index contributed by atoms with van der Waals surface area (Å²) in [4.78, 5) is 44.5. The van der Waals surface area contributed by atoms with Gasteiger partial charge in [-0.25, -0.2) is 34.2 Å². The molecule has 5 heterocycles. The van der Waals surface area contributed by atoms with Crippen molar-refractivity contribution < 1.29 is 23.6 Å². The largest absolute Gasteiger partial charge is 0.457 e. The molecule has 1 aliphatic carbocycles. The number of fused-ring (bicyclic) bond motifs is 1. The normalized spacial score (nSPS) is 16.4. The van der Waals surface area contributed by atoms with E-state index in [9.17, 15) is 9.59 Å². The van der Waals surface area contributed by atoms with E-state index in [2.05, 4.69) is 15.1 Å². The van der Waals surface area contributed by atoms with Gasteiger partial charge in [0.2, 0.25) is 0 Å². The first-order valence-corrected chi connectivity index (χ1v) is 15.9. The molecule has 4 aromatic rings. The lowest BCUT2D eigenvalue weighted by atomic mass is 9.91. The highest BCUT2D eigenvalue weighted by atomic mass is 16.6. The third kappa shape index (κ3) is 6.38. The molecule has 4 aromatic heterocycles. The molecule has 1 saturated heterocycles. The molecule has 1 aliphatic heterocycles. The standard InChI is InChI=1S/C32H41N9O5/c1-18(2)41-30-24(28(33)36-17-37-30)25(38-41)26-23(27(46-39-26)20-8-6-7-9-20)29-34-14-21(15-35-29)19-10-12-40(13-11-19)31(43)44-16-22(42)45-32(3,4)5/h14-15,17-20H,6-13,16H2,1-5H3,(H2,33,36,37). The highest BCUT2D eigenvalue weighted by Crippen LogP contribution is 2.44. The molecule has 2 N–H and O–H groups in total. The Balaban J connectivity index is 1.22. The van der Waals surface area contributed by atoms with Crippen LogP contribution in [0.5, 0.6) is 0 Å². The highest BCUT2D eigenvalue weighted by Gasteiger charge is 2.33. The topological polar surface area (TPSA) is 177 Å². The number of hydrogen-bond donors (Lipinski definition) is 1. The van der Waals surface area contributed by atoms with Crippen molar-refractivity contribution in [2.75, 3.05) is 25.4 Å². The molecule has 2 fully saturated rings. The van der Waals surface area contributed by atoms with Gasteiger partial charge < -0.3 is 24.6 Å². The molecule has 0 aromatic carbocycles. The molecule has 0 bridgehead atoms. The molecular formula is C32H41N9O5. The first-order valence-electron chi connectivity index (χ1n) is 15.9. The van der Waals surface area contributed by atoms with Crippen LogP contribution in [0.2, 0.25) is 0 Å². The van der Waals surface area contributed by atoms with Crippen LogP contribution in [0.4, 0.5) is 10.6 Å². The van der Waals surface area contributed by atoms with Crippen LogP contribution in [0.1, 0.15) is 102 Å². The number of carbonyl (C=O) groups excluding carboxylic acids is 2. The minimum atomic E-state index is -0.638. The van der Waals surface area contributed by atoms with Crippen molar-refractivity contribution >= 4 is 28.9 Å². The summed E-state index contributed by atoms with van der Waals surface area (Å²) < 4.78 is 18.3. The van der Waals surface area contributed by atoms with E-state index in [1.54, 1.807) is 25.7 Å². The molecule has 14 heteroatoms. The monoisotopic (exact) mass is 631 g/mol. The van der Waals surface area contributed by atoms with E-state index >= 15 is 0 Å². The number of rotatable bonds is 7. The third-order valence-electron chi connectivity index (χ3n) is 8.53. The quantitative estimate of drug-likeness (QED) is 0.257. The van der Waals surface area contributed by atoms with Gasteiger partial charge in [0, 0.05) is 37.4 Å². The first kappa shape index (κ1) is 31.4. The molecule has 14 nitrogen and oxygen atoms in total. The Morgan fingerprint density at radius 3 is 2.35 bits per heavy atom. The Kier molecular flexibility index (Phi) is 8.62. The van der Waals surface area contributed by atoms with E-state index in [1.165, 1.54) is 6.33 Å². The number of nitrogens with two attached hydrogens (primary N) is 1. The molecule has 46 heavy (non-hydrogen) atoms. The maximum Gasteiger partial charge on any atom is 0.410 e. The number of nitrogen functional groups attached to an aromatic ring is 1. The fraction of sp³-hybridized carbons (Fsp3) is 0.562. The van der Waals surface area contributed by atoms with E-state index < -0.39 is 24.3 Å². The smallest absolute Gasteiger partial charge is 0.410 e. The van der Waals surface area contributed by atoms with Crippen molar-refractivity contribution in [2.24, 2.45) is 0 Å². The molecular weight excluding hydrogens is 590 g/mol. The summed E-state index contributed by atoms with van der Waals surface area (Å²) in [5.41, 5.74) is 9.13. The van der Waals surface area contributed by atoms with Gasteiger partial charge in [-0.3, -0.25) is 0 Å². The summed E-state index contributed by atoms with van der Waals surface area (Å²) in [5.74, 6) is 1.40. The van der Waals surface area contributed by atoms with Crippen LogP contribution in [0.25, 0.3) is 33.8 Å². The molecule has 2 aliphatic rings. The van der Waals surface area contributed by atoms with Gasteiger partial charge in [-0.15, -0.1) is 0 Å². The molecule has 0 atom stereocenters. The zero-order valence-corrected chi connectivity index (χ0v) is 27.0. The van der Waals surface area contributed by atoms with Crippen LogP contribution in [0.3, 0.4) is 0 Å². The maximum atomic E-state index is 12.6. The number of likely N-dealkylation sites (tertiary alicyclic amines) is 1. The summed E-state index contributed by atoms with van der Waals surface area (Å²) in [7, 11) is 0. The summed E-state index contributed by atoms with van der Waals surface area (Å²) in [5, 5.41) is 10.0. The van der Waals surface area contributed by atoms with Gasteiger partial charge in [-0.2, -0.15) is 5.10 Å². The van der Waals surface area contributed by atoms with E-state index in [1.807, 2.05) is 30.9 Å². The van der Waals surface area contributed by atoms with Gasteiger partial charge in [0.1, 0.15) is 29.1 Å². The lowest BCUT2D eigenvalue weighted by Crippen LogP contribution is -2.39. The van der Waals surface area contributed by atoms with E-state index in [4.69, 9.17) is 34.8 Å². The average Bonchev–Trinajstić information content (AvgIpc) is 3.78. The number of ether oxygens (including phenoxy) is 2. The molecule has 0 unspecified atom stereocenters. The maximum absolute atomic E-state index is 12.6. The van der Waals surface area contributed by atoms with Crippen LogP contribution in [-0.4, -0.2) is 77.1 Å². The second-order valence-corrected chi connectivity index (χ2v) is 13.3. The fourth-order valence-electron chi connectivity index (χ4n) is 6.32. The van der Waals surface area contributed by atoms with Gasteiger partial charge in [0.25, 0.3) is 0 Å². The predicted molar refractivity (Wildman–Crippen MR) is 169 cm³/mol. The van der Waals surface area contributed by atoms with Crippen molar-refractivity contribution in [2.45, 2.75) is 96.6 Å². The SMILES string of the molecule is CC(C)n1nc(-c2noc(C3CCCC3)c2-c2ncc(C3CCN(C(=O)OCC(=O)OC(C)(C)C)CC3)cn2)c2c(N)ncnc21. The van der Waals surface area contributed by atoms with Crippen molar-refractivity contribution in [3.63, 3.8) is 0 Å². The number of amides is 1. The lowest BCUT2D eigenvalue weighted by molar-refractivity contribution is -0.158. The summed E-state index contributed by atoms with van der Waals surface area (Å²) in [6, 6.07) is 0.0315. The van der Waals surface area contributed by atoms with E-state index in [0.717, 1.165) is 42.6 Å². The Bertz CT molecular complexity index is 1710. The Morgan fingerprint density at radius 2 is 1.70 bits per heavy atom. The van der Waals surface area contributed by atoms with Crippen molar-refractivity contribution in [1.82, 2.24) is 39.8 Å². The van der Waals surface area contributed by atoms with E-state index in [-0.39, 0.29) is 17.9 Å². The Morgan fingerprint density at radius 1 is 1.00 bits per heavy atom. The summed E-state index contributed by atoms with van der Waals surface area (Å²) >= 11 is 0. The highest BCUT2D eigenvalue weighted by molar-refractivity contribution is 6.00. The number of aromatic nitrogens is 7. The van der Waals surface area contributed by atoms with Gasteiger partial charge in [-0.05, 0) is 71.8 Å². The Hall–Kier alpha value is -4.62. The zero-order chi connectivity index (χ0) is 32.6. The summed E-state index contributed by atoms with van der Waals surface area (Å²) in [6.45, 7) is 9.94. The number of hydrogen-bond acceptors (Lipinski definition) is 12. The second-order valence-electron chi connectivity index (χ2n) is 13.3. The van der Waals surface area contributed by atoms with Gasteiger partial charge in [0.05, 0.1) is 10.9 Å². The van der Waals surface area contributed by atoms with Crippen LogP contribution in [-0.2, 0) is 14.3 Å². The van der Waals surface area contributed by atoms with Gasteiger partial charge in [0.15, 0.2) is 23.8 Å². The molecule has 1 saturated carbocycles. The minimum absolute atomic E-state index is 0.0315. The molecule has 0 spiro atoms. The van der Waals surface area contributed by atoms with Crippen LogP contribution < -0.4 is 5.73 Å². The summed E-state index contributed by atoms with van der Waals surface area (Å²) in [6.07, 6.45) is 10.3. The van der Waals surface area contributed by atoms with Crippen LogP contribution in [0.15, 0.2) is 23.2 Å². The molecule has 244 valence electrons. The minimum Gasteiger partial charge on any atom is -0.457 e. The molecule has 6 rings (SSSR count). The number of anilines is 1. The number of nitrogens with zero attached hydrogens (tertiary/aromatic N) is 8. The average molecular weight is 632 g/mol. The fourth-order valence-corrected chi connectivity index (χ4v) is 6.32. The lowest BCUT2D eigenvalue weighted by Gasteiger charge is -2.31. The van der Waals surface area contributed by atoms with Crippen molar-refractivity contribution in [1.29, 1.82) is 0 Å². The van der Waals surface area contributed by atoms with Gasteiger partial charge in [-0.1, -0.05) is 18.0 Å². The molecule has 0 radical (unpaired) electrons. The number of piperidine rings is 1. The number of esters is 1. The second kappa shape index (κ2) is 12.6. The van der Waals surface area contributed by atoms with Crippen molar-refractivity contribution in [3.05, 3.63) is 30.0 Å². The van der Waals surface area contributed by atoms with Crippen molar-refractivity contribution in [3.8, 4) is 22.8 Å². The van der Waals surface area contributed by atoms with E-state index in [0.29, 0.717) is 60.0 Å². The van der Waals surface area contributed by atoms with Crippen LogP contribution >= 0.6 is 0 Å². The molecule has 1 amide bonds. The third-order valence-corrected chi connectivity index (χ3v) is 8.53. The number of carbonyl (C=O) groups is 2. The first-order chi connectivity index (χ1) is 22.0. The predicted octanol–water partition coefficient (Wildman–Crippen LogP) is 5.42.